The molecular weight excluding hydrogens is 506 g/mol. The molecule has 7 atom stereocenters. The van der Waals surface area contributed by atoms with E-state index in [0.717, 1.165) is 16.7 Å². The Morgan fingerprint density at radius 3 is 2.48 bits per heavy atom. The number of anilines is 1. The van der Waals surface area contributed by atoms with Crippen molar-refractivity contribution in [2.75, 3.05) is 11.9 Å². The number of rotatable bonds is 8. The van der Waals surface area contributed by atoms with Gasteiger partial charge in [-0.05, 0) is 61.8 Å². The van der Waals surface area contributed by atoms with Crippen molar-refractivity contribution in [2.45, 2.75) is 77.8 Å². The second-order valence-electron chi connectivity index (χ2n) is 12.5. The lowest BCUT2D eigenvalue weighted by Crippen LogP contribution is -2.57. The molecule has 0 aliphatic carbocycles. The quantitative estimate of drug-likeness (QED) is 0.468. The van der Waals surface area contributed by atoms with Gasteiger partial charge in [-0.2, -0.15) is 0 Å². The lowest BCUT2D eigenvalue weighted by molar-refractivity contribution is -0.150. The van der Waals surface area contributed by atoms with Crippen molar-refractivity contribution in [3.05, 3.63) is 65.2 Å². The molecule has 1 spiro atoms. The molecule has 3 amide bonds. The Bertz CT molecular complexity index is 1310. The average Bonchev–Trinajstić information content (AvgIpc) is 3.42. The molecule has 3 fully saturated rings. The first-order chi connectivity index (χ1) is 18.9. The molecule has 0 radical (unpaired) electrons. The molecule has 3 heterocycles. The van der Waals surface area contributed by atoms with Crippen LogP contribution in [-0.4, -0.2) is 57.6 Å². The number of nitrogens with zero attached hydrogens (tertiary/aromatic N) is 1. The van der Waals surface area contributed by atoms with E-state index >= 15 is 0 Å². The van der Waals surface area contributed by atoms with Crippen molar-refractivity contribution in [3.8, 4) is 0 Å². The summed E-state index contributed by atoms with van der Waals surface area (Å²) in [7, 11) is 0. The highest BCUT2D eigenvalue weighted by molar-refractivity contribution is 6.04. The standard InChI is InChI=1S/C32H41N3O5/c1-18(2)24(17-36)35-27(29(38)34-23-14-19(3)12-13-20(23)4)32-15-21(5)31(6,40-32)25(26(32)30(35)39)28(37)33-16-22-10-8-7-9-11-22/h7-14,18,21,24-27,36H,15-17H2,1-6H3,(H,33,37)(H,34,38)/t21?,24-,25+,26-,27?,31-,32?/m0/s1. The van der Waals surface area contributed by atoms with Gasteiger partial charge in [-0.1, -0.05) is 63.2 Å². The number of amides is 3. The lowest BCUT2D eigenvalue weighted by atomic mass is 9.62. The average molecular weight is 548 g/mol. The zero-order chi connectivity index (χ0) is 29.0. The monoisotopic (exact) mass is 547 g/mol. The van der Waals surface area contributed by atoms with Crippen LogP contribution < -0.4 is 10.6 Å². The molecule has 3 N–H and O–H groups in total. The van der Waals surface area contributed by atoms with Crippen LogP contribution in [-0.2, 0) is 25.7 Å². The Hall–Kier alpha value is -3.23. The summed E-state index contributed by atoms with van der Waals surface area (Å²) in [4.78, 5) is 44.0. The molecule has 3 unspecified atom stereocenters. The topological polar surface area (TPSA) is 108 Å². The van der Waals surface area contributed by atoms with Gasteiger partial charge in [0.1, 0.15) is 11.6 Å². The molecule has 2 aromatic rings. The summed E-state index contributed by atoms with van der Waals surface area (Å²) >= 11 is 0. The van der Waals surface area contributed by atoms with Crippen LogP contribution >= 0.6 is 0 Å². The number of aliphatic hydroxyl groups is 1. The Kier molecular flexibility index (Phi) is 7.29. The largest absolute Gasteiger partial charge is 0.394 e. The van der Waals surface area contributed by atoms with E-state index in [1.54, 1.807) is 0 Å². The van der Waals surface area contributed by atoms with Crippen LogP contribution in [0.5, 0.6) is 0 Å². The van der Waals surface area contributed by atoms with E-state index in [0.29, 0.717) is 18.7 Å². The first-order valence-corrected chi connectivity index (χ1v) is 14.3. The number of hydrogen-bond acceptors (Lipinski definition) is 5. The van der Waals surface area contributed by atoms with Crippen LogP contribution in [0.3, 0.4) is 0 Å². The molecule has 3 saturated heterocycles. The highest BCUT2D eigenvalue weighted by Crippen LogP contribution is 2.65. The van der Waals surface area contributed by atoms with Crippen molar-refractivity contribution >= 4 is 23.4 Å². The molecular formula is C32H41N3O5. The second-order valence-corrected chi connectivity index (χ2v) is 12.5. The van der Waals surface area contributed by atoms with Gasteiger partial charge in [0.15, 0.2) is 0 Å². The number of carbonyl (C=O) groups excluding carboxylic acids is 3. The van der Waals surface area contributed by atoms with E-state index in [9.17, 15) is 19.5 Å². The first kappa shape index (κ1) is 28.3. The van der Waals surface area contributed by atoms with Gasteiger partial charge in [-0.15, -0.1) is 0 Å². The molecule has 3 aliphatic heterocycles. The molecule has 8 nitrogen and oxygen atoms in total. The van der Waals surface area contributed by atoms with Crippen LogP contribution in [0.4, 0.5) is 5.69 Å². The molecule has 40 heavy (non-hydrogen) atoms. The zero-order valence-electron chi connectivity index (χ0n) is 24.2. The number of aryl methyl sites for hydroxylation is 2. The number of likely N-dealkylation sites (tertiary alicyclic amines) is 1. The van der Waals surface area contributed by atoms with Gasteiger partial charge in [0.25, 0.3) is 0 Å². The maximum Gasteiger partial charge on any atom is 0.250 e. The van der Waals surface area contributed by atoms with E-state index < -0.39 is 35.1 Å². The van der Waals surface area contributed by atoms with Crippen molar-refractivity contribution in [2.24, 2.45) is 23.7 Å². The fraction of sp³-hybridized carbons (Fsp3) is 0.531. The molecule has 2 bridgehead atoms. The molecule has 0 saturated carbocycles. The summed E-state index contributed by atoms with van der Waals surface area (Å²) in [6, 6.07) is 13.9. The van der Waals surface area contributed by atoms with E-state index in [1.165, 1.54) is 4.90 Å². The summed E-state index contributed by atoms with van der Waals surface area (Å²) < 4.78 is 6.80. The van der Waals surface area contributed by atoms with Crippen molar-refractivity contribution in [3.63, 3.8) is 0 Å². The van der Waals surface area contributed by atoms with Crippen LogP contribution in [0.1, 0.15) is 50.8 Å². The van der Waals surface area contributed by atoms with Crippen molar-refractivity contribution in [1.82, 2.24) is 10.2 Å². The summed E-state index contributed by atoms with van der Waals surface area (Å²) in [6.07, 6.45) is 0.472. The Balaban J connectivity index is 1.55. The predicted octanol–water partition coefficient (Wildman–Crippen LogP) is 3.59. The SMILES string of the molecule is Cc1ccc(C)c(NC(=O)C2N([C@@H](CO)C(C)C)C(=O)[C@@H]3[C@H](C(=O)NCc4ccccc4)[C@@]4(C)OC23CC4C)c1. The third-order valence-electron chi connectivity index (χ3n) is 9.56. The van der Waals surface area contributed by atoms with Crippen LogP contribution in [0.2, 0.25) is 0 Å². The number of nitrogens with one attached hydrogen (secondary N) is 2. The fourth-order valence-corrected chi connectivity index (χ4v) is 7.32. The number of aliphatic hydroxyl groups excluding tert-OH is 1. The number of hydrogen-bond donors (Lipinski definition) is 3. The minimum atomic E-state index is -1.18. The summed E-state index contributed by atoms with van der Waals surface area (Å²) in [6.45, 7) is 11.7. The predicted molar refractivity (Wildman–Crippen MR) is 152 cm³/mol. The molecule has 5 rings (SSSR count). The minimum Gasteiger partial charge on any atom is -0.394 e. The zero-order valence-corrected chi connectivity index (χ0v) is 24.2. The molecule has 8 heteroatoms. The van der Waals surface area contributed by atoms with E-state index in [-0.39, 0.29) is 36.2 Å². The van der Waals surface area contributed by atoms with Crippen LogP contribution in [0, 0.1) is 37.5 Å². The van der Waals surface area contributed by atoms with Gasteiger partial charge in [-0.3, -0.25) is 14.4 Å². The Morgan fingerprint density at radius 1 is 1.12 bits per heavy atom. The van der Waals surface area contributed by atoms with Gasteiger partial charge in [0, 0.05) is 12.2 Å². The van der Waals surface area contributed by atoms with E-state index in [1.807, 2.05) is 90.1 Å². The summed E-state index contributed by atoms with van der Waals surface area (Å²) in [5.74, 6) is -2.68. The summed E-state index contributed by atoms with van der Waals surface area (Å²) in [5, 5.41) is 16.5. The maximum absolute atomic E-state index is 14.4. The van der Waals surface area contributed by atoms with Gasteiger partial charge >= 0.3 is 0 Å². The first-order valence-electron chi connectivity index (χ1n) is 14.3. The lowest BCUT2D eigenvalue weighted by Gasteiger charge is -2.38. The Labute approximate surface area is 236 Å². The molecule has 3 aliphatic rings. The van der Waals surface area contributed by atoms with Crippen LogP contribution in [0.25, 0.3) is 0 Å². The van der Waals surface area contributed by atoms with Crippen LogP contribution in [0.15, 0.2) is 48.5 Å². The van der Waals surface area contributed by atoms with Gasteiger partial charge in [0.2, 0.25) is 17.7 Å². The summed E-state index contributed by atoms with van der Waals surface area (Å²) in [5.41, 5.74) is 1.45. The number of ether oxygens (including phenoxy) is 1. The molecule has 2 aromatic carbocycles. The van der Waals surface area contributed by atoms with E-state index in [2.05, 4.69) is 10.6 Å². The highest BCUT2D eigenvalue weighted by Gasteiger charge is 2.80. The molecule has 214 valence electrons. The third kappa shape index (κ3) is 4.32. The molecule has 0 aromatic heterocycles. The third-order valence-corrected chi connectivity index (χ3v) is 9.56. The Morgan fingerprint density at radius 2 is 1.82 bits per heavy atom. The maximum atomic E-state index is 14.4. The number of fused-ring (bicyclic) bond motifs is 1. The van der Waals surface area contributed by atoms with Gasteiger partial charge in [0.05, 0.1) is 30.1 Å². The van der Waals surface area contributed by atoms with E-state index in [4.69, 9.17) is 4.74 Å². The van der Waals surface area contributed by atoms with Crippen molar-refractivity contribution in [1.29, 1.82) is 0 Å². The highest BCUT2D eigenvalue weighted by atomic mass is 16.5. The smallest absolute Gasteiger partial charge is 0.250 e. The number of benzene rings is 2. The van der Waals surface area contributed by atoms with Crippen molar-refractivity contribution < 1.29 is 24.2 Å². The fourth-order valence-electron chi connectivity index (χ4n) is 7.32. The van der Waals surface area contributed by atoms with Gasteiger partial charge in [-0.25, -0.2) is 0 Å². The van der Waals surface area contributed by atoms with Gasteiger partial charge < -0.3 is 25.4 Å². The minimum absolute atomic E-state index is 0.0633. The second kappa shape index (κ2) is 10.3. The normalized spacial score (nSPS) is 31.4. The number of carbonyl (C=O) groups is 3.